The van der Waals surface area contributed by atoms with E-state index in [1.54, 1.807) is 39.0 Å². The molecule has 0 unspecified atom stereocenters. The van der Waals surface area contributed by atoms with Crippen LogP contribution in [-0.4, -0.2) is 35.3 Å². The van der Waals surface area contributed by atoms with Crippen molar-refractivity contribution in [3.8, 4) is 45.3 Å². The number of ketones is 2. The highest BCUT2D eigenvalue weighted by Crippen LogP contribution is 2.52. The molecule has 3 aliphatic rings. The van der Waals surface area contributed by atoms with Crippen molar-refractivity contribution < 1.29 is 37.5 Å². The highest BCUT2D eigenvalue weighted by molar-refractivity contribution is 7.87. The number of aromatic hydroxyl groups is 3. The molecule has 298 valence electrons. The number of fused-ring (bicyclic) bond motifs is 1. The Bertz CT molecular complexity index is 2650. The third-order valence-corrected chi connectivity index (χ3v) is 13.0. The molecule has 0 heterocycles. The predicted molar refractivity (Wildman–Crippen MR) is 217 cm³/mol. The van der Waals surface area contributed by atoms with E-state index in [9.17, 15) is 44.4 Å². The van der Waals surface area contributed by atoms with E-state index in [4.69, 9.17) is 4.18 Å². The monoisotopic (exact) mass is 802 g/mol. The Balaban J connectivity index is 1.49. The molecule has 4 aromatic carbocycles. The van der Waals surface area contributed by atoms with Crippen LogP contribution in [0.5, 0.6) is 23.0 Å². The van der Waals surface area contributed by atoms with E-state index < -0.39 is 60.6 Å². The van der Waals surface area contributed by atoms with Crippen LogP contribution in [0.1, 0.15) is 120 Å². The Kier molecular flexibility index (Phi) is 11.0. The number of azide groups is 2. The van der Waals surface area contributed by atoms with Gasteiger partial charge in [-0.05, 0) is 145 Å². The van der Waals surface area contributed by atoms with Crippen molar-refractivity contribution in [2.75, 3.05) is 0 Å². The van der Waals surface area contributed by atoms with E-state index in [2.05, 4.69) is 20.1 Å². The van der Waals surface area contributed by atoms with Crippen LogP contribution in [-0.2, 0) is 14.9 Å². The summed E-state index contributed by atoms with van der Waals surface area (Å²) in [5.74, 6) is -3.07. The SMILES string of the molecule is Cc1cc(O)c(C2CCCCC2)cc1-c1cc(C)c(-c2cc(C3CCCCC3)c(O)cc2C)c(O)c1OS(=O)(=O)c1cccc2c1C(N=[N+]=[N-])=C(N=[N+]=[N-])C(=O)C2=O. The van der Waals surface area contributed by atoms with Crippen molar-refractivity contribution >= 4 is 27.4 Å². The minimum Gasteiger partial charge on any atom is -0.508 e. The molecule has 14 nitrogen and oxygen atoms in total. The number of phenolic OH excluding ortho intramolecular Hbond substituents is 3. The first kappa shape index (κ1) is 39.9. The van der Waals surface area contributed by atoms with Crippen molar-refractivity contribution in [3.05, 3.63) is 114 Å². The van der Waals surface area contributed by atoms with Gasteiger partial charge in [-0.25, -0.2) is 0 Å². The van der Waals surface area contributed by atoms with E-state index in [0.717, 1.165) is 75.8 Å². The Morgan fingerprint density at radius 3 is 1.74 bits per heavy atom. The molecule has 0 spiro atoms. The summed E-state index contributed by atoms with van der Waals surface area (Å²) >= 11 is 0. The van der Waals surface area contributed by atoms with E-state index in [-0.39, 0.29) is 34.5 Å². The summed E-state index contributed by atoms with van der Waals surface area (Å²) in [7, 11) is -5.11. The molecule has 0 atom stereocenters. The van der Waals surface area contributed by atoms with Gasteiger partial charge in [0.15, 0.2) is 11.5 Å². The molecule has 0 aromatic heterocycles. The number of aryl methyl sites for hydroxylation is 3. The number of benzene rings is 4. The molecule has 0 aliphatic heterocycles. The summed E-state index contributed by atoms with van der Waals surface area (Å²) < 4.78 is 35.4. The van der Waals surface area contributed by atoms with Gasteiger partial charge in [0.1, 0.15) is 16.4 Å². The molecule has 0 saturated heterocycles. The number of phenols is 3. The van der Waals surface area contributed by atoms with Gasteiger partial charge in [0.05, 0.1) is 11.4 Å². The summed E-state index contributed by atoms with van der Waals surface area (Å²) in [5, 5.41) is 41.5. The molecular formula is C43H42N6O8S. The van der Waals surface area contributed by atoms with Crippen molar-refractivity contribution in [2.24, 2.45) is 10.2 Å². The zero-order chi connectivity index (χ0) is 41.5. The van der Waals surface area contributed by atoms with Crippen LogP contribution >= 0.6 is 0 Å². The molecule has 0 amide bonds. The lowest BCUT2D eigenvalue weighted by molar-refractivity contribution is -0.111. The maximum Gasteiger partial charge on any atom is 0.340 e. The normalized spacial score (nSPS) is 16.4. The van der Waals surface area contributed by atoms with Crippen molar-refractivity contribution in [1.29, 1.82) is 0 Å². The molecule has 2 saturated carbocycles. The molecule has 58 heavy (non-hydrogen) atoms. The third-order valence-electron chi connectivity index (χ3n) is 11.8. The highest BCUT2D eigenvalue weighted by Gasteiger charge is 2.38. The van der Waals surface area contributed by atoms with Crippen LogP contribution in [0.3, 0.4) is 0 Å². The Labute approximate surface area is 335 Å². The standard InChI is InChI=1S/C43H42N6O8S/c1-22-18-33(50)30(25-11-6-4-7-12-25)20-28(22)32-17-24(3)36(29-21-31(34(51)19-23(29)2)26-13-8-5-9-14-26)41(53)43(32)57-58(55,56)35-16-10-15-27-37(35)38(46-48-44)39(47-49-45)42(54)40(27)52/h10,15-21,25-26,50-51,53H,4-9,11-14H2,1-3H3. The average molecular weight is 803 g/mol. The zero-order valence-corrected chi connectivity index (χ0v) is 33.1. The second kappa shape index (κ2) is 15.9. The van der Waals surface area contributed by atoms with E-state index in [1.807, 2.05) is 12.1 Å². The van der Waals surface area contributed by atoms with Gasteiger partial charge in [-0.15, -0.1) is 0 Å². The fourth-order valence-electron chi connectivity index (χ4n) is 8.93. The highest BCUT2D eigenvalue weighted by atomic mass is 32.2. The van der Waals surface area contributed by atoms with Crippen LogP contribution in [0, 0.1) is 20.8 Å². The number of hydrogen-bond donors (Lipinski definition) is 3. The fourth-order valence-corrected chi connectivity index (χ4v) is 10.1. The second-order valence-electron chi connectivity index (χ2n) is 15.4. The number of carbonyl (C=O) groups excluding carboxylic acids is 2. The molecule has 0 radical (unpaired) electrons. The van der Waals surface area contributed by atoms with Crippen LogP contribution in [0.2, 0.25) is 0 Å². The van der Waals surface area contributed by atoms with Gasteiger partial charge in [-0.3, -0.25) is 9.59 Å². The van der Waals surface area contributed by atoms with E-state index >= 15 is 0 Å². The van der Waals surface area contributed by atoms with Crippen LogP contribution in [0.25, 0.3) is 48.8 Å². The minimum atomic E-state index is -5.11. The van der Waals surface area contributed by atoms with Crippen LogP contribution in [0.15, 0.2) is 69.4 Å². The lowest BCUT2D eigenvalue weighted by Crippen LogP contribution is -2.25. The third kappa shape index (κ3) is 7.13. The van der Waals surface area contributed by atoms with Gasteiger partial charge in [-0.1, -0.05) is 60.9 Å². The van der Waals surface area contributed by atoms with Gasteiger partial charge in [-0.2, -0.15) is 8.42 Å². The van der Waals surface area contributed by atoms with Gasteiger partial charge in [0.25, 0.3) is 0 Å². The predicted octanol–water partition coefficient (Wildman–Crippen LogP) is 11.0. The molecule has 3 aliphatic carbocycles. The zero-order valence-electron chi connectivity index (χ0n) is 32.3. The summed E-state index contributed by atoms with van der Waals surface area (Å²) in [4.78, 5) is 30.8. The first-order chi connectivity index (χ1) is 27.8. The fraction of sp³-hybridized carbons (Fsp3) is 0.349. The molecule has 2 fully saturated rings. The van der Waals surface area contributed by atoms with E-state index in [1.165, 1.54) is 12.1 Å². The van der Waals surface area contributed by atoms with Crippen LogP contribution < -0.4 is 4.18 Å². The summed E-state index contributed by atoms with van der Waals surface area (Å²) in [6, 6.07) is 12.1. The number of rotatable bonds is 9. The van der Waals surface area contributed by atoms with Crippen LogP contribution in [0.4, 0.5) is 0 Å². The van der Waals surface area contributed by atoms with Gasteiger partial charge in [0, 0.05) is 32.1 Å². The maximum absolute atomic E-state index is 14.7. The quantitative estimate of drug-likeness (QED) is 0.0482. The summed E-state index contributed by atoms with van der Waals surface area (Å²) in [5.41, 5.74) is 20.8. The molecule has 3 N–H and O–H groups in total. The maximum atomic E-state index is 14.7. The van der Waals surface area contributed by atoms with Crippen molar-refractivity contribution in [1.82, 2.24) is 0 Å². The lowest BCUT2D eigenvalue weighted by Gasteiger charge is -2.26. The van der Waals surface area contributed by atoms with E-state index in [0.29, 0.717) is 33.4 Å². The smallest absolute Gasteiger partial charge is 0.340 e. The molecule has 15 heteroatoms. The van der Waals surface area contributed by atoms with Crippen molar-refractivity contribution in [3.63, 3.8) is 0 Å². The number of nitrogens with zero attached hydrogens (tertiary/aromatic N) is 6. The number of hydrogen-bond acceptors (Lipinski definition) is 10. The van der Waals surface area contributed by atoms with Gasteiger partial charge >= 0.3 is 10.1 Å². The van der Waals surface area contributed by atoms with Gasteiger partial charge < -0.3 is 19.5 Å². The molecule has 7 rings (SSSR count). The second-order valence-corrected chi connectivity index (χ2v) is 16.9. The number of allylic oxidation sites excluding steroid dienone is 1. The topological polar surface area (TPSA) is 236 Å². The Morgan fingerprint density at radius 1 is 0.638 bits per heavy atom. The van der Waals surface area contributed by atoms with Gasteiger partial charge in [0.2, 0.25) is 11.6 Å². The Hall–Kier alpha value is -6.27. The number of carbonyl (C=O) groups is 2. The molecule has 0 bridgehead atoms. The lowest BCUT2D eigenvalue weighted by atomic mass is 9.80. The summed E-state index contributed by atoms with van der Waals surface area (Å²) in [6.07, 6.45) is 9.70. The largest absolute Gasteiger partial charge is 0.508 e. The molecule has 4 aromatic rings. The first-order valence-corrected chi connectivity index (χ1v) is 20.7. The van der Waals surface area contributed by atoms with Crippen molar-refractivity contribution in [2.45, 2.75) is 102 Å². The first-order valence-electron chi connectivity index (χ1n) is 19.3. The Morgan fingerprint density at radius 2 is 1.17 bits per heavy atom. The molecular weight excluding hydrogens is 761 g/mol. The minimum absolute atomic E-state index is 0.0558. The number of Topliss-reactive ketones (excluding diaryl/α,β-unsaturated/α-hetero) is 2. The summed E-state index contributed by atoms with van der Waals surface area (Å²) in [6.45, 7) is 5.32. The average Bonchev–Trinajstić information content (AvgIpc) is 3.20.